The summed E-state index contributed by atoms with van der Waals surface area (Å²) in [5.41, 5.74) is 0.857. The van der Waals surface area contributed by atoms with E-state index in [2.05, 4.69) is 5.32 Å². The molecule has 1 amide bonds. The molecule has 7 nitrogen and oxygen atoms in total. The van der Waals surface area contributed by atoms with Gasteiger partial charge in [-0.15, -0.1) is 0 Å². The number of anilines is 1. The second kappa shape index (κ2) is 5.88. The number of carbonyl (C=O) groups is 2. The first kappa shape index (κ1) is 15.6. The quantitative estimate of drug-likeness (QED) is 0.896. The minimum absolute atomic E-state index is 0.0233. The summed E-state index contributed by atoms with van der Waals surface area (Å²) in [6.45, 7) is 3.43. The largest absolute Gasteiger partial charge is 0.478 e. The lowest BCUT2D eigenvalue weighted by atomic mass is 10.2. The number of aryl methyl sites for hydroxylation is 3. The number of carbonyl (C=O) groups excluding carboxylic acids is 1. The van der Waals surface area contributed by atoms with E-state index in [4.69, 9.17) is 9.52 Å². The van der Waals surface area contributed by atoms with Crippen molar-refractivity contribution >= 4 is 17.6 Å². The Kier molecular flexibility index (Phi) is 4.16. The molecule has 0 radical (unpaired) electrons. The third kappa shape index (κ3) is 2.93. The maximum Gasteiger partial charge on any atom is 0.339 e. The van der Waals surface area contributed by atoms with Gasteiger partial charge in [-0.2, -0.15) is 0 Å². The van der Waals surface area contributed by atoms with E-state index < -0.39 is 11.9 Å². The van der Waals surface area contributed by atoms with Gasteiger partial charge in [-0.05, 0) is 12.5 Å². The molecule has 0 unspecified atom stereocenters. The Morgan fingerprint density at radius 3 is 2.59 bits per heavy atom. The average molecular weight is 304 g/mol. The van der Waals surface area contributed by atoms with Crippen LogP contribution in [0.2, 0.25) is 0 Å². The molecule has 2 aromatic heterocycles. The number of amides is 1. The van der Waals surface area contributed by atoms with Crippen LogP contribution in [0.25, 0.3) is 0 Å². The van der Waals surface area contributed by atoms with Gasteiger partial charge in [0.05, 0.1) is 5.69 Å². The Bertz CT molecular complexity index is 801. The van der Waals surface area contributed by atoms with Crippen LogP contribution in [0, 0.1) is 6.92 Å². The van der Waals surface area contributed by atoms with Crippen LogP contribution in [-0.4, -0.2) is 21.6 Å². The normalized spacial score (nSPS) is 10.5. The maximum atomic E-state index is 12.2. The molecule has 2 rings (SSSR count). The third-order valence-electron chi connectivity index (χ3n) is 3.27. The first-order valence-corrected chi connectivity index (χ1v) is 6.68. The standard InChI is InChI=1S/C15H16N2O5/c1-4-11-9(15(20)21)6-12(22-11)14(19)16-10-7-17(3)13(18)5-8(10)2/h5-7H,4H2,1-3H3,(H,16,19)(H,20,21). The van der Waals surface area contributed by atoms with Crippen molar-refractivity contribution in [2.24, 2.45) is 7.05 Å². The van der Waals surface area contributed by atoms with Gasteiger partial charge in [-0.3, -0.25) is 9.59 Å². The van der Waals surface area contributed by atoms with Gasteiger partial charge in [0.15, 0.2) is 5.76 Å². The first-order valence-electron chi connectivity index (χ1n) is 6.68. The van der Waals surface area contributed by atoms with Crippen LogP contribution < -0.4 is 10.9 Å². The summed E-state index contributed by atoms with van der Waals surface area (Å²) in [6.07, 6.45) is 1.87. The highest BCUT2D eigenvalue weighted by Crippen LogP contribution is 2.19. The lowest BCUT2D eigenvalue weighted by molar-refractivity contribution is 0.0694. The van der Waals surface area contributed by atoms with E-state index in [0.717, 1.165) is 0 Å². The lowest BCUT2D eigenvalue weighted by Crippen LogP contribution is -2.19. The topological polar surface area (TPSA) is 102 Å². The van der Waals surface area contributed by atoms with Crippen molar-refractivity contribution in [3.05, 3.63) is 51.3 Å². The molecule has 0 spiro atoms. The number of aromatic nitrogens is 1. The predicted octanol–water partition coefficient (Wildman–Crippen LogP) is 1.80. The van der Waals surface area contributed by atoms with E-state index >= 15 is 0 Å². The Morgan fingerprint density at radius 2 is 2.05 bits per heavy atom. The molecule has 2 N–H and O–H groups in total. The molecule has 0 aliphatic carbocycles. The number of rotatable bonds is 4. The summed E-state index contributed by atoms with van der Waals surface area (Å²) >= 11 is 0. The number of hydrogen-bond donors (Lipinski definition) is 2. The molecule has 0 aliphatic heterocycles. The second-order valence-corrected chi connectivity index (χ2v) is 4.88. The van der Waals surface area contributed by atoms with E-state index in [1.54, 1.807) is 20.9 Å². The summed E-state index contributed by atoms with van der Waals surface area (Å²) in [5, 5.41) is 11.7. The van der Waals surface area contributed by atoms with Gasteiger partial charge in [0.1, 0.15) is 11.3 Å². The van der Waals surface area contributed by atoms with Gasteiger partial charge in [-0.25, -0.2) is 4.79 Å². The molecule has 116 valence electrons. The molecule has 0 atom stereocenters. The highest BCUT2D eigenvalue weighted by Gasteiger charge is 2.20. The molecule has 0 saturated carbocycles. The predicted molar refractivity (Wildman–Crippen MR) is 79.4 cm³/mol. The summed E-state index contributed by atoms with van der Waals surface area (Å²) in [6, 6.07) is 2.60. The number of nitrogens with one attached hydrogen (secondary N) is 1. The van der Waals surface area contributed by atoms with E-state index in [-0.39, 0.29) is 22.6 Å². The van der Waals surface area contributed by atoms with Crippen LogP contribution >= 0.6 is 0 Å². The molecule has 22 heavy (non-hydrogen) atoms. The molecular weight excluding hydrogens is 288 g/mol. The van der Waals surface area contributed by atoms with Crippen LogP contribution in [-0.2, 0) is 13.5 Å². The zero-order chi connectivity index (χ0) is 16.4. The van der Waals surface area contributed by atoms with Crippen molar-refractivity contribution in [3.8, 4) is 0 Å². The van der Waals surface area contributed by atoms with Crippen LogP contribution in [0.4, 0.5) is 5.69 Å². The Hall–Kier alpha value is -2.83. The monoisotopic (exact) mass is 304 g/mol. The zero-order valence-electron chi connectivity index (χ0n) is 12.5. The van der Waals surface area contributed by atoms with E-state index in [1.807, 2.05) is 0 Å². The van der Waals surface area contributed by atoms with E-state index in [0.29, 0.717) is 17.7 Å². The molecule has 0 bridgehead atoms. The minimum Gasteiger partial charge on any atom is -0.478 e. The summed E-state index contributed by atoms with van der Waals surface area (Å²) in [5.74, 6) is -1.54. The lowest BCUT2D eigenvalue weighted by Gasteiger charge is -2.08. The highest BCUT2D eigenvalue weighted by molar-refractivity contribution is 6.04. The number of furan rings is 1. The third-order valence-corrected chi connectivity index (χ3v) is 3.27. The number of pyridine rings is 1. The maximum absolute atomic E-state index is 12.2. The van der Waals surface area contributed by atoms with Crippen molar-refractivity contribution < 1.29 is 19.1 Å². The molecule has 0 aliphatic rings. The summed E-state index contributed by atoms with van der Waals surface area (Å²) < 4.78 is 6.63. The van der Waals surface area contributed by atoms with Crippen molar-refractivity contribution in [2.75, 3.05) is 5.32 Å². The fourth-order valence-electron chi connectivity index (χ4n) is 2.02. The highest BCUT2D eigenvalue weighted by atomic mass is 16.4. The molecule has 2 heterocycles. The number of carboxylic acids is 1. The van der Waals surface area contributed by atoms with Gasteiger partial charge in [0, 0.05) is 31.8 Å². The number of carboxylic acid groups (broad SMARTS) is 1. The van der Waals surface area contributed by atoms with Crippen molar-refractivity contribution in [2.45, 2.75) is 20.3 Å². The summed E-state index contributed by atoms with van der Waals surface area (Å²) in [4.78, 5) is 34.7. The Balaban J connectivity index is 2.32. The summed E-state index contributed by atoms with van der Waals surface area (Å²) in [7, 11) is 1.57. The van der Waals surface area contributed by atoms with Crippen molar-refractivity contribution in [1.29, 1.82) is 0 Å². The van der Waals surface area contributed by atoms with E-state index in [1.165, 1.54) is 22.9 Å². The molecule has 0 saturated heterocycles. The van der Waals surface area contributed by atoms with Gasteiger partial charge >= 0.3 is 5.97 Å². The molecular formula is C15H16N2O5. The van der Waals surface area contributed by atoms with Crippen LogP contribution in [0.5, 0.6) is 0 Å². The fraction of sp³-hybridized carbons (Fsp3) is 0.267. The fourth-order valence-corrected chi connectivity index (χ4v) is 2.02. The molecule has 0 fully saturated rings. The van der Waals surface area contributed by atoms with Gasteiger partial charge in [-0.1, -0.05) is 6.92 Å². The Morgan fingerprint density at radius 1 is 1.36 bits per heavy atom. The molecule has 2 aromatic rings. The van der Waals surface area contributed by atoms with Gasteiger partial charge in [0.25, 0.3) is 11.5 Å². The van der Waals surface area contributed by atoms with E-state index in [9.17, 15) is 14.4 Å². The molecule has 0 aromatic carbocycles. The number of hydrogen-bond acceptors (Lipinski definition) is 4. The van der Waals surface area contributed by atoms with Crippen molar-refractivity contribution in [1.82, 2.24) is 4.57 Å². The van der Waals surface area contributed by atoms with Crippen LogP contribution in [0.15, 0.2) is 27.5 Å². The minimum atomic E-state index is -1.14. The van der Waals surface area contributed by atoms with Crippen LogP contribution in [0.1, 0.15) is 39.2 Å². The second-order valence-electron chi connectivity index (χ2n) is 4.88. The number of nitrogens with zero attached hydrogens (tertiary/aromatic N) is 1. The van der Waals surface area contributed by atoms with Crippen LogP contribution in [0.3, 0.4) is 0 Å². The average Bonchev–Trinajstić information content (AvgIpc) is 2.89. The smallest absolute Gasteiger partial charge is 0.339 e. The zero-order valence-corrected chi connectivity index (χ0v) is 12.5. The van der Waals surface area contributed by atoms with Gasteiger partial charge in [0.2, 0.25) is 0 Å². The Labute approximate surface area is 126 Å². The SMILES string of the molecule is CCc1oc(C(=O)Nc2cn(C)c(=O)cc2C)cc1C(=O)O. The first-order chi connectivity index (χ1) is 10.3. The van der Waals surface area contributed by atoms with Gasteiger partial charge < -0.3 is 19.4 Å². The number of aromatic carboxylic acids is 1. The van der Waals surface area contributed by atoms with Crippen molar-refractivity contribution in [3.63, 3.8) is 0 Å². The molecule has 7 heteroatoms.